The SMILES string of the molecule is Fc1ccc2c(C3CCNCC3)nsc2c1. The molecule has 1 aliphatic rings. The van der Waals surface area contributed by atoms with Gasteiger partial charge in [0.25, 0.3) is 0 Å². The standard InChI is InChI=1S/C12H13FN2S/c13-9-1-2-10-11(7-9)16-15-12(10)8-3-5-14-6-4-8/h1-2,7-8,14H,3-6H2. The highest BCUT2D eigenvalue weighted by molar-refractivity contribution is 7.13. The molecule has 0 bridgehead atoms. The molecule has 0 aliphatic carbocycles. The van der Waals surface area contributed by atoms with E-state index >= 15 is 0 Å². The van der Waals surface area contributed by atoms with E-state index in [0.717, 1.165) is 36.0 Å². The molecule has 2 heterocycles. The summed E-state index contributed by atoms with van der Waals surface area (Å²) in [6.45, 7) is 2.12. The van der Waals surface area contributed by atoms with Crippen LogP contribution in [0.1, 0.15) is 24.5 Å². The van der Waals surface area contributed by atoms with E-state index in [0.29, 0.717) is 5.92 Å². The molecule has 3 rings (SSSR count). The smallest absolute Gasteiger partial charge is 0.124 e. The molecule has 2 aromatic rings. The van der Waals surface area contributed by atoms with Gasteiger partial charge in [-0.3, -0.25) is 0 Å². The van der Waals surface area contributed by atoms with Crippen LogP contribution in [0.15, 0.2) is 18.2 Å². The van der Waals surface area contributed by atoms with Crippen molar-refractivity contribution >= 4 is 21.6 Å². The fraction of sp³-hybridized carbons (Fsp3) is 0.417. The number of hydrogen-bond donors (Lipinski definition) is 1. The second-order valence-electron chi connectivity index (χ2n) is 4.23. The fourth-order valence-electron chi connectivity index (χ4n) is 2.32. The van der Waals surface area contributed by atoms with Gasteiger partial charge in [0.1, 0.15) is 5.82 Å². The molecule has 4 heteroatoms. The lowest BCUT2D eigenvalue weighted by molar-refractivity contribution is 0.457. The third-order valence-electron chi connectivity index (χ3n) is 3.19. The Hall–Kier alpha value is -1.00. The minimum absolute atomic E-state index is 0.173. The zero-order chi connectivity index (χ0) is 11.0. The van der Waals surface area contributed by atoms with E-state index in [9.17, 15) is 4.39 Å². The molecule has 16 heavy (non-hydrogen) atoms. The summed E-state index contributed by atoms with van der Waals surface area (Å²) in [5.41, 5.74) is 1.17. The number of nitrogens with one attached hydrogen (secondary N) is 1. The number of aromatic nitrogens is 1. The molecule has 0 atom stereocenters. The van der Waals surface area contributed by atoms with E-state index in [-0.39, 0.29) is 5.82 Å². The Morgan fingerprint density at radius 1 is 1.31 bits per heavy atom. The molecular formula is C12H13FN2S. The molecule has 1 aromatic heterocycles. The normalized spacial score (nSPS) is 18.1. The van der Waals surface area contributed by atoms with E-state index in [1.165, 1.54) is 23.3 Å². The van der Waals surface area contributed by atoms with Gasteiger partial charge in [0.2, 0.25) is 0 Å². The van der Waals surface area contributed by atoms with E-state index in [4.69, 9.17) is 0 Å². The first-order valence-electron chi connectivity index (χ1n) is 5.60. The third-order valence-corrected chi connectivity index (χ3v) is 4.01. The lowest BCUT2D eigenvalue weighted by Crippen LogP contribution is -2.26. The highest BCUT2D eigenvalue weighted by Crippen LogP contribution is 2.33. The fourth-order valence-corrected chi connectivity index (χ4v) is 3.20. The quantitative estimate of drug-likeness (QED) is 0.823. The van der Waals surface area contributed by atoms with Crippen LogP contribution >= 0.6 is 11.5 Å². The first-order valence-corrected chi connectivity index (χ1v) is 6.37. The van der Waals surface area contributed by atoms with Crippen LogP contribution in [-0.4, -0.2) is 17.5 Å². The second kappa shape index (κ2) is 4.11. The van der Waals surface area contributed by atoms with Gasteiger partial charge in [-0.25, -0.2) is 4.39 Å². The van der Waals surface area contributed by atoms with Crippen LogP contribution in [0.5, 0.6) is 0 Å². The minimum Gasteiger partial charge on any atom is -0.317 e. The first kappa shape index (κ1) is 10.2. The summed E-state index contributed by atoms with van der Waals surface area (Å²) < 4.78 is 18.5. The van der Waals surface area contributed by atoms with Crippen LogP contribution in [0.4, 0.5) is 4.39 Å². The number of hydrogen-bond acceptors (Lipinski definition) is 3. The van der Waals surface area contributed by atoms with Gasteiger partial charge in [-0.2, -0.15) is 4.37 Å². The maximum Gasteiger partial charge on any atom is 0.124 e. The Morgan fingerprint density at radius 2 is 2.12 bits per heavy atom. The highest BCUT2D eigenvalue weighted by atomic mass is 32.1. The summed E-state index contributed by atoms with van der Waals surface area (Å²) in [6, 6.07) is 4.98. The number of rotatable bonds is 1. The van der Waals surface area contributed by atoms with E-state index in [1.54, 1.807) is 6.07 Å². The Labute approximate surface area is 97.6 Å². The van der Waals surface area contributed by atoms with Crippen LogP contribution in [0.25, 0.3) is 10.1 Å². The van der Waals surface area contributed by atoms with Crippen LogP contribution in [-0.2, 0) is 0 Å². The summed E-state index contributed by atoms with van der Waals surface area (Å²) in [5, 5.41) is 4.49. The average Bonchev–Trinajstić information content (AvgIpc) is 2.73. The molecule has 0 spiro atoms. The van der Waals surface area contributed by atoms with E-state index in [2.05, 4.69) is 9.69 Å². The van der Waals surface area contributed by atoms with Crippen molar-refractivity contribution in [3.05, 3.63) is 29.7 Å². The van der Waals surface area contributed by atoms with E-state index in [1.807, 2.05) is 6.07 Å². The molecule has 1 fully saturated rings. The summed E-state index contributed by atoms with van der Waals surface area (Å²) >= 11 is 1.41. The van der Waals surface area contributed by atoms with Crippen LogP contribution in [0, 0.1) is 5.82 Å². The largest absolute Gasteiger partial charge is 0.317 e. The lowest BCUT2D eigenvalue weighted by Gasteiger charge is -2.21. The van der Waals surface area contributed by atoms with Crippen molar-refractivity contribution in [2.75, 3.05) is 13.1 Å². The molecule has 2 nitrogen and oxygen atoms in total. The van der Waals surface area contributed by atoms with Crippen LogP contribution in [0.3, 0.4) is 0 Å². The van der Waals surface area contributed by atoms with Crippen LogP contribution < -0.4 is 5.32 Å². The van der Waals surface area contributed by atoms with Crippen molar-refractivity contribution in [2.45, 2.75) is 18.8 Å². The second-order valence-corrected chi connectivity index (χ2v) is 5.04. The maximum absolute atomic E-state index is 13.1. The molecule has 1 saturated heterocycles. The predicted molar refractivity (Wildman–Crippen MR) is 64.4 cm³/mol. The van der Waals surface area contributed by atoms with Crippen molar-refractivity contribution < 1.29 is 4.39 Å². The van der Waals surface area contributed by atoms with Gasteiger partial charge in [0.15, 0.2) is 0 Å². The number of nitrogens with zero attached hydrogens (tertiary/aromatic N) is 1. The molecule has 0 radical (unpaired) electrons. The summed E-state index contributed by atoms with van der Waals surface area (Å²) in [7, 11) is 0. The Morgan fingerprint density at radius 3 is 2.94 bits per heavy atom. The Kier molecular flexibility index (Phi) is 2.61. The van der Waals surface area contributed by atoms with Gasteiger partial charge >= 0.3 is 0 Å². The zero-order valence-electron chi connectivity index (χ0n) is 8.87. The molecule has 0 amide bonds. The Balaban J connectivity index is 2.03. The number of benzene rings is 1. The molecule has 0 saturated carbocycles. The van der Waals surface area contributed by atoms with Crippen molar-refractivity contribution in [2.24, 2.45) is 0 Å². The highest BCUT2D eigenvalue weighted by Gasteiger charge is 2.20. The third kappa shape index (κ3) is 1.72. The van der Waals surface area contributed by atoms with Crippen molar-refractivity contribution in [3.8, 4) is 0 Å². The monoisotopic (exact) mass is 236 g/mol. The van der Waals surface area contributed by atoms with Gasteiger partial charge < -0.3 is 5.32 Å². The molecule has 1 N–H and O–H groups in total. The molecular weight excluding hydrogens is 223 g/mol. The zero-order valence-corrected chi connectivity index (χ0v) is 9.69. The number of fused-ring (bicyclic) bond motifs is 1. The predicted octanol–water partition coefficient (Wildman–Crippen LogP) is 2.90. The topological polar surface area (TPSA) is 24.9 Å². The number of halogens is 1. The molecule has 0 unspecified atom stereocenters. The van der Waals surface area contributed by atoms with Gasteiger partial charge in [-0.15, -0.1) is 0 Å². The van der Waals surface area contributed by atoms with Gasteiger partial charge in [-0.1, -0.05) is 0 Å². The molecule has 1 aliphatic heterocycles. The van der Waals surface area contributed by atoms with Crippen molar-refractivity contribution in [1.29, 1.82) is 0 Å². The maximum atomic E-state index is 13.1. The van der Waals surface area contributed by atoms with Gasteiger partial charge in [0.05, 0.1) is 10.4 Å². The minimum atomic E-state index is -0.173. The van der Waals surface area contributed by atoms with Gasteiger partial charge in [0, 0.05) is 11.3 Å². The van der Waals surface area contributed by atoms with Gasteiger partial charge in [-0.05, 0) is 55.7 Å². The van der Waals surface area contributed by atoms with Crippen molar-refractivity contribution in [1.82, 2.24) is 9.69 Å². The van der Waals surface area contributed by atoms with E-state index < -0.39 is 0 Å². The lowest BCUT2D eigenvalue weighted by atomic mass is 9.93. The molecule has 1 aromatic carbocycles. The van der Waals surface area contributed by atoms with Crippen LogP contribution in [0.2, 0.25) is 0 Å². The Bertz CT molecular complexity index is 503. The molecule has 84 valence electrons. The summed E-state index contributed by atoms with van der Waals surface area (Å²) in [6.07, 6.45) is 2.27. The average molecular weight is 236 g/mol. The van der Waals surface area contributed by atoms with Crippen molar-refractivity contribution in [3.63, 3.8) is 0 Å². The first-order chi connectivity index (χ1) is 7.84. The summed E-state index contributed by atoms with van der Waals surface area (Å²) in [4.78, 5) is 0. The number of piperidine rings is 1. The summed E-state index contributed by atoms with van der Waals surface area (Å²) in [5.74, 6) is 0.369.